The molecule has 0 spiro atoms. The minimum absolute atomic E-state index is 0.0699. The number of rotatable bonds is 12. The van der Waals surface area contributed by atoms with Crippen molar-refractivity contribution >= 4 is 20.2 Å². The predicted octanol–water partition coefficient (Wildman–Crippen LogP) is 3.91. The van der Waals surface area contributed by atoms with Gasteiger partial charge in [-0.15, -0.1) is 3.63 Å². The molecule has 0 amide bonds. The average Bonchev–Trinajstić information content (AvgIpc) is 2.33. The summed E-state index contributed by atoms with van der Waals surface area (Å²) in [6, 6.07) is 0. The first-order valence-electron chi connectivity index (χ1n) is 7.42. The fourth-order valence-corrected chi connectivity index (χ4v) is 4.71. The van der Waals surface area contributed by atoms with Gasteiger partial charge in [-0.3, -0.25) is 0 Å². The lowest BCUT2D eigenvalue weighted by atomic mass is 10.2. The van der Waals surface area contributed by atoms with Crippen LogP contribution in [0.1, 0.15) is 51.4 Å². The zero-order valence-corrected chi connectivity index (χ0v) is 14.8. The maximum Gasteiger partial charge on any atom is 0.389 e. The van der Waals surface area contributed by atoms with Crippen LogP contribution in [0.5, 0.6) is 0 Å². The van der Waals surface area contributed by atoms with Crippen molar-refractivity contribution in [1.82, 2.24) is 0 Å². The van der Waals surface area contributed by atoms with Gasteiger partial charge in [-0.25, -0.2) is 0 Å². The third kappa shape index (κ3) is 16.6. The molecule has 152 valence electrons. The third-order valence-electron chi connectivity index (χ3n) is 2.92. The molecule has 0 aliphatic carbocycles. The van der Waals surface area contributed by atoms with Gasteiger partial charge in [0.15, 0.2) is 0 Å². The molecule has 0 atom stereocenters. The van der Waals surface area contributed by atoms with Crippen molar-refractivity contribution in [2.24, 2.45) is 0 Å². The van der Waals surface area contributed by atoms with Crippen LogP contribution in [0.4, 0.5) is 26.3 Å². The highest BCUT2D eigenvalue weighted by Gasteiger charge is 2.27. The zero-order valence-electron chi connectivity index (χ0n) is 13.2. The molecule has 0 radical (unpaired) electrons. The van der Waals surface area contributed by atoms with Gasteiger partial charge in [-0.05, 0) is 25.7 Å². The van der Waals surface area contributed by atoms with Gasteiger partial charge in [0.2, 0.25) is 0 Å². The SMILES string of the molecule is O=S(=O)(CCCCCC(F)(F)F)OS(=O)(=O)CCCCCC(F)(F)F. The topological polar surface area (TPSA) is 77.5 Å². The van der Waals surface area contributed by atoms with Gasteiger partial charge >= 0.3 is 12.4 Å². The second kappa shape index (κ2) is 9.95. The van der Waals surface area contributed by atoms with Crippen LogP contribution in [-0.2, 0) is 23.9 Å². The molecular weight excluding hydrogens is 402 g/mol. The number of halogens is 6. The normalized spacial score (nSPS) is 14.0. The maximum absolute atomic E-state index is 11.9. The highest BCUT2D eigenvalue weighted by atomic mass is 32.3. The second-order valence-corrected chi connectivity index (χ2v) is 9.03. The fourth-order valence-electron chi connectivity index (χ4n) is 1.79. The molecule has 0 aromatic carbocycles. The Labute approximate surface area is 143 Å². The lowest BCUT2D eigenvalue weighted by Gasteiger charge is -2.08. The first kappa shape index (κ1) is 24.4. The monoisotopic (exact) mass is 422 g/mol. The van der Waals surface area contributed by atoms with Crippen LogP contribution in [0.2, 0.25) is 0 Å². The number of alkyl halides is 6. The maximum atomic E-state index is 11.9. The van der Waals surface area contributed by atoms with E-state index < -0.39 is 56.9 Å². The van der Waals surface area contributed by atoms with Crippen molar-refractivity contribution in [2.75, 3.05) is 11.5 Å². The van der Waals surface area contributed by atoms with Crippen LogP contribution < -0.4 is 0 Å². The van der Waals surface area contributed by atoms with Crippen molar-refractivity contribution in [3.8, 4) is 0 Å². The summed E-state index contributed by atoms with van der Waals surface area (Å²) in [5, 5.41) is 0. The van der Waals surface area contributed by atoms with E-state index >= 15 is 0 Å². The smallest absolute Gasteiger partial charge is 0.198 e. The van der Waals surface area contributed by atoms with Crippen molar-refractivity contribution in [1.29, 1.82) is 0 Å². The van der Waals surface area contributed by atoms with Crippen LogP contribution in [0.25, 0.3) is 0 Å². The van der Waals surface area contributed by atoms with Gasteiger partial charge in [0.05, 0.1) is 11.5 Å². The van der Waals surface area contributed by atoms with E-state index in [0.717, 1.165) is 0 Å². The lowest BCUT2D eigenvalue weighted by molar-refractivity contribution is -0.136. The van der Waals surface area contributed by atoms with E-state index in [4.69, 9.17) is 0 Å². The Balaban J connectivity index is 4.08. The van der Waals surface area contributed by atoms with Gasteiger partial charge in [-0.1, -0.05) is 12.8 Å². The van der Waals surface area contributed by atoms with E-state index in [1.54, 1.807) is 0 Å². The molecule has 0 aromatic heterocycles. The van der Waals surface area contributed by atoms with Gasteiger partial charge in [-0.2, -0.15) is 43.2 Å². The molecule has 0 N–H and O–H groups in total. The molecule has 0 bridgehead atoms. The first-order chi connectivity index (χ1) is 11.1. The average molecular weight is 422 g/mol. The quantitative estimate of drug-likeness (QED) is 0.352. The van der Waals surface area contributed by atoms with Gasteiger partial charge < -0.3 is 0 Å². The second-order valence-electron chi connectivity index (χ2n) is 5.44. The number of hydrogen-bond acceptors (Lipinski definition) is 5. The van der Waals surface area contributed by atoms with Crippen molar-refractivity contribution in [3.63, 3.8) is 0 Å². The van der Waals surface area contributed by atoms with Crippen LogP contribution in [0.3, 0.4) is 0 Å². The number of hydrogen-bond donors (Lipinski definition) is 0. The van der Waals surface area contributed by atoms with Crippen LogP contribution in [-0.4, -0.2) is 40.7 Å². The summed E-state index contributed by atoms with van der Waals surface area (Å²) in [5.74, 6) is -1.50. The molecule has 13 heteroatoms. The molecule has 0 unspecified atom stereocenters. The molecule has 0 aliphatic rings. The lowest BCUT2D eigenvalue weighted by Crippen LogP contribution is -2.19. The Morgan fingerprint density at radius 2 is 0.880 bits per heavy atom. The summed E-state index contributed by atoms with van der Waals surface area (Å²) in [5.41, 5.74) is 0. The van der Waals surface area contributed by atoms with Gasteiger partial charge in [0.1, 0.15) is 0 Å². The fraction of sp³-hybridized carbons (Fsp3) is 1.00. The van der Waals surface area contributed by atoms with E-state index in [0.29, 0.717) is 0 Å². The Kier molecular flexibility index (Phi) is 9.73. The molecule has 25 heavy (non-hydrogen) atoms. The molecular formula is C12H20F6O5S2. The molecule has 0 aromatic rings. The summed E-state index contributed by atoms with van der Waals surface area (Å²) in [6.07, 6.45) is -11.9. The Morgan fingerprint density at radius 3 is 1.16 bits per heavy atom. The highest BCUT2D eigenvalue weighted by Crippen LogP contribution is 2.23. The Bertz CT molecular complexity index is 528. The van der Waals surface area contributed by atoms with E-state index in [1.165, 1.54) is 0 Å². The first-order valence-corrected chi connectivity index (χ1v) is 10.6. The highest BCUT2D eigenvalue weighted by molar-refractivity contribution is 7.99. The molecule has 0 saturated carbocycles. The van der Waals surface area contributed by atoms with Crippen LogP contribution >= 0.6 is 0 Å². The molecule has 0 aliphatic heterocycles. The molecule has 0 heterocycles. The van der Waals surface area contributed by atoms with Gasteiger partial charge in [0.25, 0.3) is 20.2 Å². The van der Waals surface area contributed by atoms with Crippen molar-refractivity contribution < 1.29 is 46.8 Å². The van der Waals surface area contributed by atoms with E-state index in [2.05, 4.69) is 3.63 Å². The number of unbranched alkanes of at least 4 members (excludes halogenated alkanes) is 4. The molecule has 0 rings (SSSR count). The minimum Gasteiger partial charge on any atom is -0.198 e. The summed E-state index contributed by atoms with van der Waals surface area (Å²) in [6.45, 7) is 0. The van der Waals surface area contributed by atoms with E-state index in [9.17, 15) is 43.2 Å². The summed E-state index contributed by atoms with van der Waals surface area (Å²) >= 11 is 0. The predicted molar refractivity (Wildman–Crippen MR) is 77.7 cm³/mol. The van der Waals surface area contributed by atoms with Crippen LogP contribution in [0, 0.1) is 0 Å². The van der Waals surface area contributed by atoms with Crippen molar-refractivity contribution in [2.45, 2.75) is 63.7 Å². The summed E-state index contributed by atoms with van der Waals surface area (Å²) < 4.78 is 121. The largest absolute Gasteiger partial charge is 0.389 e. The Hall–Kier alpha value is -0.560. The van der Waals surface area contributed by atoms with Crippen molar-refractivity contribution in [3.05, 3.63) is 0 Å². The van der Waals surface area contributed by atoms with E-state index in [1.807, 2.05) is 0 Å². The standard InChI is InChI=1S/C12H20F6O5S2/c13-11(14,15)7-3-1-5-9-24(19,20)23-25(21,22)10-6-2-4-8-12(16,17)18/h1-10H2. The summed E-state index contributed by atoms with van der Waals surface area (Å²) in [4.78, 5) is 0. The van der Waals surface area contributed by atoms with Crippen LogP contribution in [0.15, 0.2) is 0 Å². The summed E-state index contributed by atoms with van der Waals surface area (Å²) in [7, 11) is -8.94. The van der Waals surface area contributed by atoms with Gasteiger partial charge in [0, 0.05) is 12.8 Å². The Morgan fingerprint density at radius 1 is 0.560 bits per heavy atom. The molecule has 0 fully saturated rings. The zero-order chi connectivity index (χ0) is 19.8. The minimum atomic E-state index is -4.47. The van der Waals surface area contributed by atoms with E-state index in [-0.39, 0.29) is 38.5 Å². The third-order valence-corrected chi connectivity index (χ3v) is 6.15. The molecule has 5 nitrogen and oxygen atoms in total. The molecule has 0 saturated heterocycles.